The summed E-state index contributed by atoms with van der Waals surface area (Å²) < 4.78 is 28.1. The number of benzene rings is 2. The second-order valence-corrected chi connectivity index (χ2v) is 7.18. The van der Waals surface area contributed by atoms with Gasteiger partial charge in [0.05, 0.1) is 10.6 Å². The molecule has 0 aliphatic heterocycles. The highest BCUT2D eigenvalue weighted by molar-refractivity contribution is 9.10. The molecule has 2 rings (SSSR count). The van der Waals surface area contributed by atoms with Gasteiger partial charge in [-0.15, -0.1) is 0 Å². The highest BCUT2D eigenvalue weighted by Crippen LogP contribution is 2.25. The Balaban J connectivity index is 2.40. The van der Waals surface area contributed by atoms with Crippen molar-refractivity contribution < 1.29 is 8.42 Å². The standard InChI is InChI=1S/C14H15BrN2O2S/c1-9-4-6-12(8-13(9)16)20(18,19)17-14-7-11(15)5-3-10(14)2/h3-8,17H,16H2,1-2H3. The molecule has 0 aromatic heterocycles. The number of nitrogens with one attached hydrogen (secondary N) is 1. The van der Waals surface area contributed by atoms with E-state index in [1.54, 1.807) is 18.2 Å². The zero-order valence-corrected chi connectivity index (χ0v) is 13.5. The molecule has 0 aliphatic carbocycles. The van der Waals surface area contributed by atoms with Crippen LogP contribution in [0.3, 0.4) is 0 Å². The number of halogens is 1. The number of aryl methyl sites for hydroxylation is 2. The molecule has 0 saturated heterocycles. The van der Waals surface area contributed by atoms with Crippen molar-refractivity contribution in [3.8, 4) is 0 Å². The number of hydrogen-bond acceptors (Lipinski definition) is 3. The first-order chi connectivity index (χ1) is 9.29. The quantitative estimate of drug-likeness (QED) is 0.829. The Morgan fingerprint density at radius 2 is 1.70 bits per heavy atom. The fourth-order valence-corrected chi connectivity index (χ4v) is 3.21. The molecule has 0 saturated carbocycles. The molecule has 0 amide bonds. The zero-order valence-electron chi connectivity index (χ0n) is 11.1. The topological polar surface area (TPSA) is 72.2 Å². The van der Waals surface area contributed by atoms with E-state index in [1.807, 2.05) is 26.0 Å². The molecule has 3 N–H and O–H groups in total. The molecule has 0 atom stereocenters. The Kier molecular flexibility index (Phi) is 4.06. The third-order valence-corrected chi connectivity index (χ3v) is 4.86. The summed E-state index contributed by atoms with van der Waals surface area (Å²) in [7, 11) is -3.64. The van der Waals surface area contributed by atoms with E-state index in [9.17, 15) is 8.42 Å². The minimum Gasteiger partial charge on any atom is -0.398 e. The SMILES string of the molecule is Cc1ccc(S(=O)(=O)Nc2cc(Br)ccc2C)cc1N. The largest absolute Gasteiger partial charge is 0.398 e. The molecule has 0 heterocycles. The summed E-state index contributed by atoms with van der Waals surface area (Å²) in [4.78, 5) is 0.153. The van der Waals surface area contributed by atoms with Crippen LogP contribution in [0.1, 0.15) is 11.1 Å². The fourth-order valence-electron chi connectivity index (χ4n) is 1.69. The van der Waals surface area contributed by atoms with Gasteiger partial charge in [0.1, 0.15) is 0 Å². The number of nitrogen functional groups attached to an aromatic ring is 1. The highest BCUT2D eigenvalue weighted by Gasteiger charge is 2.16. The maximum Gasteiger partial charge on any atom is 0.261 e. The van der Waals surface area contributed by atoms with E-state index in [0.717, 1.165) is 15.6 Å². The lowest BCUT2D eigenvalue weighted by atomic mass is 10.2. The van der Waals surface area contributed by atoms with Crippen molar-refractivity contribution in [2.45, 2.75) is 18.7 Å². The van der Waals surface area contributed by atoms with Crippen molar-refractivity contribution in [1.82, 2.24) is 0 Å². The van der Waals surface area contributed by atoms with Crippen LogP contribution in [0.25, 0.3) is 0 Å². The molecule has 0 unspecified atom stereocenters. The number of hydrogen-bond donors (Lipinski definition) is 2. The molecule has 106 valence electrons. The van der Waals surface area contributed by atoms with Gasteiger partial charge in [0.15, 0.2) is 0 Å². The fraction of sp³-hybridized carbons (Fsp3) is 0.143. The van der Waals surface area contributed by atoms with E-state index in [-0.39, 0.29) is 4.90 Å². The molecular formula is C14H15BrN2O2S. The third-order valence-electron chi connectivity index (χ3n) is 3.00. The van der Waals surface area contributed by atoms with Crippen LogP contribution in [0.15, 0.2) is 45.8 Å². The number of anilines is 2. The van der Waals surface area contributed by atoms with Crippen molar-refractivity contribution in [2.24, 2.45) is 0 Å². The van der Waals surface area contributed by atoms with E-state index in [2.05, 4.69) is 20.7 Å². The van der Waals surface area contributed by atoms with Gasteiger partial charge in [0.25, 0.3) is 10.0 Å². The van der Waals surface area contributed by atoms with Crippen molar-refractivity contribution in [2.75, 3.05) is 10.5 Å². The van der Waals surface area contributed by atoms with Crippen molar-refractivity contribution in [1.29, 1.82) is 0 Å². The van der Waals surface area contributed by atoms with Gasteiger partial charge in [-0.1, -0.05) is 28.1 Å². The van der Waals surface area contributed by atoms with Crippen molar-refractivity contribution in [3.63, 3.8) is 0 Å². The monoisotopic (exact) mass is 354 g/mol. The summed E-state index contributed by atoms with van der Waals surface area (Å²) in [6.07, 6.45) is 0. The van der Waals surface area contributed by atoms with Crippen LogP contribution in [0, 0.1) is 13.8 Å². The van der Waals surface area contributed by atoms with Gasteiger partial charge in [0, 0.05) is 10.2 Å². The second kappa shape index (κ2) is 5.46. The molecule has 0 spiro atoms. The van der Waals surface area contributed by atoms with Gasteiger partial charge in [0.2, 0.25) is 0 Å². The zero-order chi connectivity index (χ0) is 14.9. The van der Waals surface area contributed by atoms with Crippen LogP contribution in [0.5, 0.6) is 0 Å². The van der Waals surface area contributed by atoms with E-state index in [0.29, 0.717) is 11.4 Å². The van der Waals surface area contributed by atoms with Gasteiger partial charge in [-0.05, 0) is 49.2 Å². The molecule has 0 radical (unpaired) electrons. The van der Waals surface area contributed by atoms with E-state index < -0.39 is 10.0 Å². The van der Waals surface area contributed by atoms with Crippen LogP contribution in [-0.4, -0.2) is 8.42 Å². The molecule has 0 bridgehead atoms. The van der Waals surface area contributed by atoms with E-state index in [1.165, 1.54) is 6.07 Å². The lowest BCUT2D eigenvalue weighted by Gasteiger charge is -2.12. The Labute approximate surface area is 127 Å². The Morgan fingerprint density at radius 3 is 2.35 bits per heavy atom. The smallest absolute Gasteiger partial charge is 0.261 e. The van der Waals surface area contributed by atoms with Crippen LogP contribution in [-0.2, 0) is 10.0 Å². The van der Waals surface area contributed by atoms with Gasteiger partial charge in [-0.25, -0.2) is 8.42 Å². The van der Waals surface area contributed by atoms with Gasteiger partial charge in [-0.3, -0.25) is 4.72 Å². The average Bonchev–Trinajstić information content (AvgIpc) is 2.36. The number of sulfonamides is 1. The number of nitrogens with two attached hydrogens (primary N) is 1. The number of rotatable bonds is 3. The van der Waals surface area contributed by atoms with Gasteiger partial charge < -0.3 is 5.73 Å². The van der Waals surface area contributed by atoms with Crippen LogP contribution < -0.4 is 10.5 Å². The predicted molar refractivity (Wildman–Crippen MR) is 85.3 cm³/mol. The Bertz CT molecular complexity index is 758. The summed E-state index contributed by atoms with van der Waals surface area (Å²) in [5.41, 5.74) is 8.46. The molecule has 0 fully saturated rings. The van der Waals surface area contributed by atoms with Crippen LogP contribution in [0.4, 0.5) is 11.4 Å². The summed E-state index contributed by atoms with van der Waals surface area (Å²) in [5.74, 6) is 0. The molecule has 6 heteroatoms. The summed E-state index contributed by atoms with van der Waals surface area (Å²) >= 11 is 3.33. The molecule has 20 heavy (non-hydrogen) atoms. The van der Waals surface area contributed by atoms with Crippen molar-refractivity contribution >= 4 is 37.3 Å². The molecule has 2 aromatic rings. The van der Waals surface area contributed by atoms with Crippen LogP contribution >= 0.6 is 15.9 Å². The van der Waals surface area contributed by atoms with Crippen LogP contribution in [0.2, 0.25) is 0 Å². The summed E-state index contributed by atoms with van der Waals surface area (Å²) in [6, 6.07) is 10.1. The lowest BCUT2D eigenvalue weighted by molar-refractivity contribution is 0.601. The van der Waals surface area contributed by atoms with Crippen molar-refractivity contribution in [3.05, 3.63) is 52.0 Å². The molecule has 4 nitrogen and oxygen atoms in total. The first-order valence-electron chi connectivity index (χ1n) is 5.95. The molecular weight excluding hydrogens is 340 g/mol. The lowest BCUT2D eigenvalue weighted by Crippen LogP contribution is -2.14. The minimum atomic E-state index is -3.64. The second-order valence-electron chi connectivity index (χ2n) is 4.58. The van der Waals surface area contributed by atoms with E-state index in [4.69, 9.17) is 5.73 Å². The normalized spacial score (nSPS) is 11.3. The van der Waals surface area contributed by atoms with Gasteiger partial charge >= 0.3 is 0 Å². The maximum atomic E-state index is 12.3. The first-order valence-corrected chi connectivity index (χ1v) is 8.22. The summed E-state index contributed by atoms with van der Waals surface area (Å²) in [5, 5.41) is 0. The summed E-state index contributed by atoms with van der Waals surface area (Å²) in [6.45, 7) is 3.67. The average molecular weight is 355 g/mol. The van der Waals surface area contributed by atoms with E-state index >= 15 is 0 Å². The minimum absolute atomic E-state index is 0.153. The molecule has 2 aromatic carbocycles. The first kappa shape index (κ1) is 14.9. The highest BCUT2D eigenvalue weighted by atomic mass is 79.9. The maximum absolute atomic E-state index is 12.3. The Morgan fingerprint density at radius 1 is 1.05 bits per heavy atom. The third kappa shape index (κ3) is 3.13. The Hall–Kier alpha value is -1.53. The molecule has 0 aliphatic rings. The predicted octanol–water partition coefficient (Wildman–Crippen LogP) is 3.45. The van der Waals surface area contributed by atoms with Gasteiger partial charge in [-0.2, -0.15) is 0 Å².